The first-order valence-electron chi connectivity index (χ1n) is 4.43. The third kappa shape index (κ3) is 0.889. The molecule has 12 heavy (non-hydrogen) atoms. The van der Waals surface area contributed by atoms with E-state index in [1.165, 1.54) is 0 Å². The Kier molecular flexibility index (Phi) is 1.99. The lowest BCUT2D eigenvalue weighted by Gasteiger charge is -2.44. The standard InChI is InChI=1S/C11H18N/c1-6-10(3)8-9-11(10,4)12(5)7-2/h7-9H,2,5-6H2,1,3-4H3/q+1. The molecule has 1 aliphatic rings. The molecule has 0 aromatic carbocycles. The molecule has 2 atom stereocenters. The van der Waals surface area contributed by atoms with Crippen molar-refractivity contribution in [3.05, 3.63) is 24.9 Å². The van der Waals surface area contributed by atoms with Gasteiger partial charge < -0.3 is 0 Å². The van der Waals surface area contributed by atoms with Crippen molar-refractivity contribution in [2.45, 2.75) is 32.7 Å². The van der Waals surface area contributed by atoms with Crippen LogP contribution in [0, 0.1) is 5.41 Å². The van der Waals surface area contributed by atoms with Crippen molar-refractivity contribution < 1.29 is 4.58 Å². The van der Waals surface area contributed by atoms with Gasteiger partial charge in [0.05, 0.1) is 5.41 Å². The van der Waals surface area contributed by atoms with Crippen LogP contribution in [0.1, 0.15) is 27.2 Å². The molecule has 0 amide bonds. The number of hydrogen-bond acceptors (Lipinski definition) is 0. The van der Waals surface area contributed by atoms with Gasteiger partial charge in [-0.05, 0) is 26.0 Å². The molecular formula is C11H18N+. The molecular weight excluding hydrogens is 146 g/mol. The van der Waals surface area contributed by atoms with E-state index in [4.69, 9.17) is 0 Å². The van der Waals surface area contributed by atoms with Gasteiger partial charge >= 0.3 is 0 Å². The van der Waals surface area contributed by atoms with Gasteiger partial charge in [0, 0.05) is 6.92 Å². The van der Waals surface area contributed by atoms with Gasteiger partial charge in [-0.3, -0.25) is 0 Å². The second-order valence-electron chi connectivity index (χ2n) is 3.90. The molecule has 0 aliphatic heterocycles. The lowest BCUT2D eigenvalue weighted by Crippen LogP contribution is -2.53. The molecule has 0 aromatic rings. The first kappa shape index (κ1) is 9.24. The number of rotatable bonds is 3. The molecule has 2 unspecified atom stereocenters. The Morgan fingerprint density at radius 1 is 1.42 bits per heavy atom. The van der Waals surface area contributed by atoms with E-state index < -0.39 is 0 Å². The van der Waals surface area contributed by atoms with Crippen LogP contribution in [0.4, 0.5) is 0 Å². The zero-order valence-electron chi connectivity index (χ0n) is 8.30. The molecule has 0 saturated carbocycles. The van der Waals surface area contributed by atoms with E-state index in [1.807, 2.05) is 4.58 Å². The SMILES string of the molecule is C=C[N+](=C)C1(C)C=CC1(C)CC. The van der Waals surface area contributed by atoms with Gasteiger partial charge in [0.25, 0.3) is 0 Å². The predicted octanol–water partition coefficient (Wildman–Crippen LogP) is 2.59. The predicted molar refractivity (Wildman–Crippen MR) is 53.5 cm³/mol. The smallest absolute Gasteiger partial charge is 0.191 e. The van der Waals surface area contributed by atoms with E-state index in [0.717, 1.165) is 6.42 Å². The largest absolute Gasteiger partial charge is 0.203 e. The second-order valence-corrected chi connectivity index (χ2v) is 3.90. The van der Waals surface area contributed by atoms with E-state index in [-0.39, 0.29) is 11.0 Å². The average Bonchev–Trinajstić information content (AvgIpc) is 2.11. The summed E-state index contributed by atoms with van der Waals surface area (Å²) in [5.41, 5.74) is 0.312. The van der Waals surface area contributed by atoms with Crippen molar-refractivity contribution >= 4 is 6.72 Å². The summed E-state index contributed by atoms with van der Waals surface area (Å²) in [5.74, 6) is 0. The van der Waals surface area contributed by atoms with E-state index in [9.17, 15) is 0 Å². The summed E-state index contributed by atoms with van der Waals surface area (Å²) in [5, 5.41) is 0. The monoisotopic (exact) mass is 164 g/mol. The number of nitrogens with zero attached hydrogens (tertiary/aromatic N) is 1. The van der Waals surface area contributed by atoms with Crippen molar-refractivity contribution in [2.24, 2.45) is 5.41 Å². The third-order valence-corrected chi connectivity index (χ3v) is 3.48. The van der Waals surface area contributed by atoms with Crippen molar-refractivity contribution in [3.8, 4) is 0 Å². The van der Waals surface area contributed by atoms with E-state index in [0.29, 0.717) is 0 Å². The fraction of sp³-hybridized carbons (Fsp3) is 0.545. The van der Waals surface area contributed by atoms with Crippen molar-refractivity contribution in [3.63, 3.8) is 0 Å². The van der Waals surface area contributed by atoms with Gasteiger partial charge in [0.15, 0.2) is 11.7 Å². The van der Waals surface area contributed by atoms with E-state index in [1.54, 1.807) is 6.20 Å². The summed E-state index contributed by atoms with van der Waals surface area (Å²) in [6, 6.07) is 0. The Morgan fingerprint density at radius 2 is 2.00 bits per heavy atom. The Balaban J connectivity index is 2.97. The molecule has 1 nitrogen and oxygen atoms in total. The first-order valence-corrected chi connectivity index (χ1v) is 4.43. The minimum atomic E-state index is 0.0590. The van der Waals surface area contributed by atoms with Crippen LogP contribution in [-0.2, 0) is 0 Å². The third-order valence-electron chi connectivity index (χ3n) is 3.48. The van der Waals surface area contributed by atoms with Crippen LogP contribution in [0.2, 0.25) is 0 Å². The maximum atomic E-state index is 3.96. The summed E-state index contributed by atoms with van der Waals surface area (Å²) in [6.45, 7) is 14.4. The van der Waals surface area contributed by atoms with Gasteiger partial charge in [0.1, 0.15) is 6.72 Å². The molecule has 1 aliphatic carbocycles. The molecule has 1 heteroatoms. The maximum absolute atomic E-state index is 3.96. The van der Waals surface area contributed by atoms with Crippen LogP contribution in [0.5, 0.6) is 0 Å². The van der Waals surface area contributed by atoms with Crippen LogP contribution in [0.3, 0.4) is 0 Å². The zero-order chi connectivity index (χ0) is 9.41. The Hall–Kier alpha value is -0.850. The van der Waals surface area contributed by atoms with Crippen LogP contribution >= 0.6 is 0 Å². The van der Waals surface area contributed by atoms with Gasteiger partial charge in [-0.2, -0.15) is 0 Å². The summed E-state index contributed by atoms with van der Waals surface area (Å²) in [6.07, 6.45) is 7.39. The molecule has 0 radical (unpaired) electrons. The molecule has 1 rings (SSSR count). The molecule has 66 valence electrons. The van der Waals surface area contributed by atoms with Crippen molar-refractivity contribution in [2.75, 3.05) is 0 Å². The fourth-order valence-electron chi connectivity index (χ4n) is 1.70. The van der Waals surface area contributed by atoms with Crippen LogP contribution in [0.15, 0.2) is 24.9 Å². The van der Waals surface area contributed by atoms with Crippen LogP contribution in [0.25, 0.3) is 0 Å². The van der Waals surface area contributed by atoms with Gasteiger partial charge in [-0.25, -0.2) is 4.58 Å². The topological polar surface area (TPSA) is 3.01 Å². The van der Waals surface area contributed by atoms with E-state index >= 15 is 0 Å². The number of hydrogen-bond donors (Lipinski definition) is 0. The molecule has 0 spiro atoms. The molecule has 0 N–H and O–H groups in total. The van der Waals surface area contributed by atoms with Crippen molar-refractivity contribution in [1.29, 1.82) is 0 Å². The Bertz CT molecular complexity index is 252. The summed E-state index contributed by atoms with van der Waals surface area (Å²) < 4.78 is 1.94. The summed E-state index contributed by atoms with van der Waals surface area (Å²) in [4.78, 5) is 0. The molecule has 0 fully saturated rings. The lowest BCUT2D eigenvalue weighted by molar-refractivity contribution is -0.546. The Labute approximate surface area is 75.1 Å². The first-order chi connectivity index (χ1) is 5.50. The highest BCUT2D eigenvalue weighted by Gasteiger charge is 2.53. The van der Waals surface area contributed by atoms with Gasteiger partial charge in [-0.15, -0.1) is 0 Å². The lowest BCUT2D eigenvalue weighted by atomic mass is 9.61. The van der Waals surface area contributed by atoms with Crippen LogP contribution in [-0.4, -0.2) is 16.8 Å². The molecule has 0 bridgehead atoms. The quantitative estimate of drug-likeness (QED) is 0.342. The normalized spacial score (nSPS) is 38.9. The summed E-state index contributed by atoms with van der Waals surface area (Å²) in [7, 11) is 0. The zero-order valence-corrected chi connectivity index (χ0v) is 8.30. The maximum Gasteiger partial charge on any atom is 0.191 e. The van der Waals surface area contributed by atoms with Crippen LogP contribution < -0.4 is 0 Å². The minimum Gasteiger partial charge on any atom is -0.203 e. The van der Waals surface area contributed by atoms with Crippen molar-refractivity contribution in [1.82, 2.24) is 0 Å². The average molecular weight is 164 g/mol. The highest BCUT2D eigenvalue weighted by molar-refractivity contribution is 5.29. The van der Waals surface area contributed by atoms with Gasteiger partial charge in [-0.1, -0.05) is 13.0 Å². The Morgan fingerprint density at radius 3 is 2.25 bits per heavy atom. The summed E-state index contributed by atoms with van der Waals surface area (Å²) >= 11 is 0. The second kappa shape index (κ2) is 2.58. The molecule has 0 heterocycles. The molecule has 0 saturated heterocycles. The highest BCUT2D eigenvalue weighted by atomic mass is 15.1. The fourth-order valence-corrected chi connectivity index (χ4v) is 1.70. The minimum absolute atomic E-state index is 0.0590. The highest BCUT2D eigenvalue weighted by Crippen LogP contribution is 2.47. The van der Waals surface area contributed by atoms with E-state index in [2.05, 4.69) is 46.2 Å². The van der Waals surface area contributed by atoms with Gasteiger partial charge in [0.2, 0.25) is 0 Å². The molecule has 0 aromatic heterocycles.